The summed E-state index contributed by atoms with van der Waals surface area (Å²) in [5.74, 6) is -1.43. The first-order chi connectivity index (χ1) is 17.7. The highest BCUT2D eigenvalue weighted by molar-refractivity contribution is 6.36. The minimum absolute atomic E-state index is 0.197. The molecule has 4 aromatic rings. The third kappa shape index (κ3) is 6.37. The molecular formula is C28H25Cl2FN4O2. The summed E-state index contributed by atoms with van der Waals surface area (Å²) in [5, 5.41) is 8.44. The van der Waals surface area contributed by atoms with Crippen molar-refractivity contribution in [3.8, 4) is 0 Å². The second-order valence-corrected chi connectivity index (χ2v) is 9.75. The molecule has 1 unspecified atom stereocenters. The maximum Gasteiger partial charge on any atom is 0.262 e. The number of hydrazone groups is 1. The van der Waals surface area contributed by atoms with Crippen molar-refractivity contribution in [1.82, 2.24) is 15.3 Å². The number of nitrogens with one attached hydrogen (secondary N) is 2. The molecule has 2 amide bonds. The summed E-state index contributed by atoms with van der Waals surface area (Å²) in [7, 11) is 0. The van der Waals surface area contributed by atoms with Crippen molar-refractivity contribution >= 4 is 52.1 Å². The second-order valence-electron chi connectivity index (χ2n) is 8.91. The summed E-state index contributed by atoms with van der Waals surface area (Å²) in [6, 6.07) is 17.9. The van der Waals surface area contributed by atoms with Gasteiger partial charge in [-0.3, -0.25) is 9.59 Å². The molecule has 0 saturated carbocycles. The topological polar surface area (TPSA) is 75.5 Å². The molecule has 9 heteroatoms. The van der Waals surface area contributed by atoms with Gasteiger partial charge in [-0.15, -0.1) is 0 Å². The van der Waals surface area contributed by atoms with Gasteiger partial charge in [0.25, 0.3) is 11.8 Å². The van der Waals surface area contributed by atoms with Crippen LogP contribution in [0.5, 0.6) is 0 Å². The first kappa shape index (κ1) is 26.4. The molecule has 0 aliphatic rings. The van der Waals surface area contributed by atoms with E-state index in [0.29, 0.717) is 11.6 Å². The number of rotatable bonds is 8. The molecule has 1 aromatic heterocycles. The van der Waals surface area contributed by atoms with E-state index in [2.05, 4.69) is 15.8 Å². The van der Waals surface area contributed by atoms with Crippen LogP contribution in [-0.4, -0.2) is 28.6 Å². The fraction of sp³-hybridized carbons (Fsp3) is 0.179. The number of aromatic nitrogens is 1. The molecule has 2 N–H and O–H groups in total. The lowest BCUT2D eigenvalue weighted by Crippen LogP contribution is -2.48. The van der Waals surface area contributed by atoms with Crippen LogP contribution in [0.2, 0.25) is 10.0 Å². The van der Waals surface area contributed by atoms with Gasteiger partial charge in [0.2, 0.25) is 0 Å². The van der Waals surface area contributed by atoms with Crippen LogP contribution >= 0.6 is 23.2 Å². The zero-order chi connectivity index (χ0) is 26.5. The number of halogens is 3. The van der Waals surface area contributed by atoms with E-state index in [1.54, 1.807) is 24.4 Å². The van der Waals surface area contributed by atoms with Crippen molar-refractivity contribution in [3.63, 3.8) is 0 Å². The average Bonchev–Trinajstić information content (AvgIpc) is 3.20. The van der Waals surface area contributed by atoms with E-state index >= 15 is 0 Å². The van der Waals surface area contributed by atoms with Crippen molar-refractivity contribution < 1.29 is 14.0 Å². The van der Waals surface area contributed by atoms with Gasteiger partial charge in [-0.1, -0.05) is 67.4 Å². The quantitative estimate of drug-likeness (QED) is 0.212. The predicted molar refractivity (Wildman–Crippen MR) is 146 cm³/mol. The van der Waals surface area contributed by atoms with Crippen LogP contribution in [0, 0.1) is 11.7 Å². The Balaban J connectivity index is 1.48. The van der Waals surface area contributed by atoms with Crippen LogP contribution in [0.4, 0.5) is 4.39 Å². The molecule has 0 aliphatic heterocycles. The zero-order valence-electron chi connectivity index (χ0n) is 20.2. The van der Waals surface area contributed by atoms with Gasteiger partial charge in [-0.05, 0) is 47.9 Å². The third-order valence-electron chi connectivity index (χ3n) is 5.88. The monoisotopic (exact) mass is 538 g/mol. The van der Waals surface area contributed by atoms with Gasteiger partial charge >= 0.3 is 0 Å². The smallest absolute Gasteiger partial charge is 0.262 e. The number of amides is 2. The Morgan fingerprint density at radius 1 is 1.05 bits per heavy atom. The molecule has 0 aliphatic carbocycles. The number of para-hydroxylation sites is 1. The van der Waals surface area contributed by atoms with Crippen LogP contribution in [0.3, 0.4) is 0 Å². The number of carbonyl (C=O) groups excluding carboxylic acids is 2. The lowest BCUT2D eigenvalue weighted by atomic mass is 10.0. The SMILES string of the molecule is CC(C)C(NC(=O)c1ccc(Cl)cc1Cl)C(=O)N/N=C\c1cn(Cc2ccc(F)cc2)c2ccccc12. The van der Waals surface area contributed by atoms with E-state index in [4.69, 9.17) is 23.2 Å². The Morgan fingerprint density at radius 2 is 1.78 bits per heavy atom. The Kier molecular flexibility index (Phi) is 8.26. The summed E-state index contributed by atoms with van der Waals surface area (Å²) in [6.45, 7) is 4.19. The molecule has 0 saturated heterocycles. The molecule has 0 spiro atoms. The molecule has 0 fully saturated rings. The molecule has 0 bridgehead atoms. The maximum atomic E-state index is 13.3. The van der Waals surface area contributed by atoms with E-state index in [0.717, 1.165) is 22.0 Å². The van der Waals surface area contributed by atoms with Crippen LogP contribution in [0.15, 0.2) is 78.0 Å². The van der Waals surface area contributed by atoms with E-state index in [1.807, 2.05) is 48.9 Å². The highest BCUT2D eigenvalue weighted by Gasteiger charge is 2.25. The fourth-order valence-corrected chi connectivity index (χ4v) is 4.45. The van der Waals surface area contributed by atoms with E-state index in [9.17, 15) is 14.0 Å². The lowest BCUT2D eigenvalue weighted by Gasteiger charge is -2.20. The molecule has 190 valence electrons. The Hall–Kier alpha value is -3.68. The van der Waals surface area contributed by atoms with Gasteiger partial charge in [0.15, 0.2) is 0 Å². The molecule has 0 radical (unpaired) electrons. The molecule has 1 heterocycles. The fourth-order valence-electron chi connectivity index (χ4n) is 3.96. The normalized spacial score (nSPS) is 12.3. The number of fused-ring (bicyclic) bond motifs is 1. The van der Waals surface area contributed by atoms with Crippen molar-refractivity contribution in [3.05, 3.63) is 105 Å². The van der Waals surface area contributed by atoms with E-state index in [-0.39, 0.29) is 22.3 Å². The van der Waals surface area contributed by atoms with Gasteiger partial charge < -0.3 is 9.88 Å². The zero-order valence-corrected chi connectivity index (χ0v) is 21.7. The molecular weight excluding hydrogens is 514 g/mol. The molecule has 6 nitrogen and oxygen atoms in total. The van der Waals surface area contributed by atoms with Gasteiger partial charge in [-0.25, -0.2) is 9.82 Å². The van der Waals surface area contributed by atoms with Gasteiger partial charge in [0.1, 0.15) is 11.9 Å². The summed E-state index contributed by atoms with van der Waals surface area (Å²) in [5.41, 5.74) is 5.49. The predicted octanol–water partition coefficient (Wildman–Crippen LogP) is 6.04. The molecule has 3 aromatic carbocycles. The highest BCUT2D eigenvalue weighted by atomic mass is 35.5. The van der Waals surface area contributed by atoms with E-state index in [1.165, 1.54) is 24.3 Å². The minimum atomic E-state index is -0.837. The van der Waals surface area contributed by atoms with Gasteiger partial charge in [0.05, 0.1) is 16.8 Å². The van der Waals surface area contributed by atoms with Crippen molar-refractivity contribution in [2.75, 3.05) is 0 Å². The van der Waals surface area contributed by atoms with Crippen LogP contribution in [0.25, 0.3) is 10.9 Å². The van der Waals surface area contributed by atoms with E-state index < -0.39 is 17.9 Å². The van der Waals surface area contributed by atoms with Crippen LogP contribution < -0.4 is 10.7 Å². The van der Waals surface area contributed by atoms with Crippen molar-refractivity contribution in [1.29, 1.82) is 0 Å². The first-order valence-corrected chi connectivity index (χ1v) is 12.4. The summed E-state index contributed by atoms with van der Waals surface area (Å²) in [4.78, 5) is 25.6. The number of benzene rings is 3. The Morgan fingerprint density at radius 3 is 2.49 bits per heavy atom. The second kappa shape index (κ2) is 11.6. The highest BCUT2D eigenvalue weighted by Crippen LogP contribution is 2.22. The average molecular weight is 539 g/mol. The lowest BCUT2D eigenvalue weighted by molar-refractivity contribution is -0.123. The summed E-state index contributed by atoms with van der Waals surface area (Å²) >= 11 is 12.0. The number of hydrogen-bond acceptors (Lipinski definition) is 3. The standard InChI is InChI=1S/C28H25Cl2FN4O2/c1-17(2)26(33-27(36)23-12-9-20(29)13-24(23)30)28(37)34-32-14-19-16-35(25-6-4-3-5-22(19)25)15-18-7-10-21(31)11-8-18/h3-14,16-17,26H,15H2,1-2H3,(H,33,36)(H,34,37)/b32-14-. The molecule has 1 atom stereocenters. The summed E-state index contributed by atoms with van der Waals surface area (Å²) < 4.78 is 15.3. The largest absolute Gasteiger partial charge is 0.342 e. The number of carbonyl (C=O) groups is 2. The Labute approximate surface area is 224 Å². The number of hydrogen-bond donors (Lipinski definition) is 2. The Bertz CT molecular complexity index is 1470. The first-order valence-electron chi connectivity index (χ1n) is 11.6. The van der Waals surface area contributed by atoms with Crippen LogP contribution in [-0.2, 0) is 11.3 Å². The molecule has 37 heavy (non-hydrogen) atoms. The third-order valence-corrected chi connectivity index (χ3v) is 6.42. The minimum Gasteiger partial charge on any atom is -0.342 e. The van der Waals surface area contributed by atoms with Crippen molar-refractivity contribution in [2.24, 2.45) is 11.0 Å². The number of nitrogens with zero attached hydrogens (tertiary/aromatic N) is 2. The maximum absolute atomic E-state index is 13.3. The van der Waals surface area contributed by atoms with Crippen molar-refractivity contribution in [2.45, 2.75) is 26.4 Å². The molecule has 4 rings (SSSR count). The van der Waals surface area contributed by atoms with Crippen LogP contribution in [0.1, 0.15) is 35.3 Å². The van der Waals surface area contributed by atoms with Gasteiger partial charge in [0, 0.05) is 34.2 Å². The summed E-state index contributed by atoms with van der Waals surface area (Å²) in [6.07, 6.45) is 3.49. The van der Waals surface area contributed by atoms with Gasteiger partial charge in [-0.2, -0.15) is 5.10 Å².